The van der Waals surface area contributed by atoms with Crippen LogP contribution in [0.15, 0.2) is 0 Å². The van der Waals surface area contributed by atoms with Crippen molar-refractivity contribution in [3.8, 4) is 0 Å². The summed E-state index contributed by atoms with van der Waals surface area (Å²) in [6, 6.07) is 0.831. The van der Waals surface area contributed by atoms with E-state index in [9.17, 15) is 0 Å². The number of hydrogen-bond acceptors (Lipinski definition) is 2. The van der Waals surface area contributed by atoms with Crippen LogP contribution in [0.25, 0.3) is 0 Å². The molecule has 1 nitrogen and oxygen atoms in total. The fourth-order valence-electron chi connectivity index (χ4n) is 1.48. The van der Waals surface area contributed by atoms with E-state index in [0.29, 0.717) is 5.41 Å². The largest absolute Gasteiger partial charge is 0.313 e. The van der Waals surface area contributed by atoms with Crippen LogP contribution in [0.5, 0.6) is 0 Å². The van der Waals surface area contributed by atoms with Crippen LogP contribution in [0.2, 0.25) is 0 Å². The van der Waals surface area contributed by atoms with E-state index in [-0.39, 0.29) is 0 Å². The van der Waals surface area contributed by atoms with Crippen LogP contribution in [-0.2, 0) is 0 Å². The third kappa shape index (κ3) is 2.12. The second-order valence-corrected chi connectivity index (χ2v) is 5.40. The molecule has 1 aliphatic carbocycles. The van der Waals surface area contributed by atoms with Gasteiger partial charge in [-0.3, -0.25) is 0 Å². The van der Waals surface area contributed by atoms with Crippen molar-refractivity contribution in [3.63, 3.8) is 0 Å². The highest BCUT2D eigenvalue weighted by molar-refractivity contribution is 7.99. The smallest absolute Gasteiger partial charge is 0.0166 e. The monoisotopic (exact) mass is 171 g/mol. The van der Waals surface area contributed by atoms with Gasteiger partial charge in [-0.2, -0.15) is 11.8 Å². The van der Waals surface area contributed by atoms with Crippen LogP contribution >= 0.6 is 11.8 Å². The molecule has 0 radical (unpaired) electrons. The van der Waals surface area contributed by atoms with Crippen molar-refractivity contribution < 1.29 is 0 Å². The maximum Gasteiger partial charge on any atom is 0.0166 e. The van der Waals surface area contributed by atoms with Gasteiger partial charge in [-0.1, -0.05) is 6.92 Å². The Morgan fingerprint density at radius 1 is 1.55 bits per heavy atom. The highest BCUT2D eigenvalue weighted by Gasteiger charge is 2.37. The molecule has 1 saturated heterocycles. The highest BCUT2D eigenvalue weighted by Crippen LogP contribution is 2.44. The average Bonchev–Trinajstić information content (AvgIpc) is 2.53. The zero-order valence-electron chi connectivity index (χ0n) is 7.23. The normalized spacial score (nSPS) is 34.1. The van der Waals surface area contributed by atoms with E-state index in [0.717, 1.165) is 6.04 Å². The number of nitrogens with one attached hydrogen (secondary N) is 1. The zero-order valence-corrected chi connectivity index (χ0v) is 8.04. The van der Waals surface area contributed by atoms with Crippen LogP contribution in [0.3, 0.4) is 0 Å². The van der Waals surface area contributed by atoms with Gasteiger partial charge in [0.2, 0.25) is 0 Å². The number of hydrogen-bond donors (Lipinski definition) is 1. The quantitative estimate of drug-likeness (QED) is 0.696. The van der Waals surface area contributed by atoms with Crippen molar-refractivity contribution in [2.75, 3.05) is 18.1 Å². The van der Waals surface area contributed by atoms with E-state index in [1.807, 2.05) is 0 Å². The third-order valence-corrected chi connectivity index (χ3v) is 4.01. The van der Waals surface area contributed by atoms with Gasteiger partial charge in [-0.15, -0.1) is 0 Å². The lowest BCUT2D eigenvalue weighted by atomic mass is 10.1. The predicted octanol–water partition coefficient (Wildman–Crippen LogP) is 1.88. The lowest BCUT2D eigenvalue weighted by Crippen LogP contribution is -2.33. The van der Waals surface area contributed by atoms with Gasteiger partial charge in [-0.05, 0) is 30.4 Å². The molecule has 2 heteroatoms. The van der Waals surface area contributed by atoms with Gasteiger partial charge in [-0.25, -0.2) is 0 Å². The summed E-state index contributed by atoms with van der Waals surface area (Å²) in [5.74, 6) is 2.71. The van der Waals surface area contributed by atoms with E-state index in [2.05, 4.69) is 24.0 Å². The fourth-order valence-corrected chi connectivity index (χ4v) is 2.66. The molecule has 11 heavy (non-hydrogen) atoms. The van der Waals surface area contributed by atoms with Crippen LogP contribution in [0.1, 0.15) is 26.2 Å². The predicted molar refractivity (Wildman–Crippen MR) is 51.1 cm³/mol. The summed E-state index contributed by atoms with van der Waals surface area (Å²) in [4.78, 5) is 0. The molecule has 64 valence electrons. The maximum atomic E-state index is 3.66. The molecule has 0 aromatic heterocycles. The van der Waals surface area contributed by atoms with Gasteiger partial charge >= 0.3 is 0 Å². The van der Waals surface area contributed by atoms with Gasteiger partial charge in [0.15, 0.2) is 0 Å². The second-order valence-electron chi connectivity index (χ2n) is 4.25. The Labute approximate surface area is 73.3 Å². The summed E-state index contributed by atoms with van der Waals surface area (Å²) < 4.78 is 0. The first-order valence-electron chi connectivity index (χ1n) is 4.60. The molecule has 1 atom stereocenters. The third-order valence-electron chi connectivity index (χ3n) is 2.85. The molecule has 0 spiro atoms. The first kappa shape index (κ1) is 7.93. The fraction of sp³-hybridized carbons (Fsp3) is 1.00. The van der Waals surface area contributed by atoms with Crippen molar-refractivity contribution in [2.24, 2.45) is 5.41 Å². The van der Waals surface area contributed by atoms with Gasteiger partial charge in [0.25, 0.3) is 0 Å². The lowest BCUT2D eigenvalue weighted by Gasteiger charge is -2.14. The topological polar surface area (TPSA) is 12.0 Å². The SMILES string of the molecule is CC1(CNC2CCSC2)CC1. The molecule has 1 saturated carbocycles. The number of thioether (sulfide) groups is 1. The van der Waals surface area contributed by atoms with E-state index in [4.69, 9.17) is 0 Å². The molecular formula is C9H17NS. The van der Waals surface area contributed by atoms with E-state index < -0.39 is 0 Å². The molecule has 0 aromatic carbocycles. The summed E-state index contributed by atoms with van der Waals surface area (Å²) in [5.41, 5.74) is 0.688. The summed E-state index contributed by atoms with van der Waals surface area (Å²) in [5, 5.41) is 3.66. The minimum absolute atomic E-state index is 0.688. The molecule has 0 amide bonds. The minimum Gasteiger partial charge on any atom is -0.313 e. The van der Waals surface area contributed by atoms with Crippen LogP contribution in [0, 0.1) is 5.41 Å². The molecule has 2 rings (SSSR count). The molecule has 1 aliphatic heterocycles. The first-order valence-corrected chi connectivity index (χ1v) is 5.75. The van der Waals surface area contributed by atoms with E-state index in [1.54, 1.807) is 0 Å². The second kappa shape index (κ2) is 2.98. The Kier molecular flexibility index (Phi) is 2.15. The van der Waals surface area contributed by atoms with Crippen molar-refractivity contribution in [2.45, 2.75) is 32.2 Å². The Bertz CT molecular complexity index is 136. The van der Waals surface area contributed by atoms with Gasteiger partial charge < -0.3 is 5.32 Å². The van der Waals surface area contributed by atoms with Crippen molar-refractivity contribution in [1.82, 2.24) is 5.32 Å². The number of rotatable bonds is 3. The Balaban J connectivity index is 1.65. The Morgan fingerprint density at radius 2 is 2.36 bits per heavy atom. The molecule has 0 bridgehead atoms. The molecule has 1 N–H and O–H groups in total. The van der Waals surface area contributed by atoms with E-state index >= 15 is 0 Å². The highest BCUT2D eigenvalue weighted by atomic mass is 32.2. The van der Waals surface area contributed by atoms with Crippen LogP contribution in [0.4, 0.5) is 0 Å². The minimum atomic E-state index is 0.688. The van der Waals surface area contributed by atoms with E-state index in [1.165, 1.54) is 37.3 Å². The molecule has 1 unspecified atom stereocenters. The first-order chi connectivity index (χ1) is 5.29. The lowest BCUT2D eigenvalue weighted by molar-refractivity contribution is 0.453. The molecule has 2 aliphatic rings. The zero-order chi connectivity index (χ0) is 7.73. The molecular weight excluding hydrogens is 154 g/mol. The Hall–Kier alpha value is 0.310. The molecule has 1 heterocycles. The summed E-state index contributed by atoms with van der Waals surface area (Å²) in [6.45, 7) is 3.65. The summed E-state index contributed by atoms with van der Waals surface area (Å²) in [7, 11) is 0. The van der Waals surface area contributed by atoms with Gasteiger partial charge in [0.1, 0.15) is 0 Å². The van der Waals surface area contributed by atoms with Crippen LogP contribution < -0.4 is 5.32 Å². The van der Waals surface area contributed by atoms with Crippen molar-refractivity contribution in [3.05, 3.63) is 0 Å². The Morgan fingerprint density at radius 3 is 2.91 bits per heavy atom. The average molecular weight is 171 g/mol. The van der Waals surface area contributed by atoms with Crippen molar-refractivity contribution in [1.29, 1.82) is 0 Å². The van der Waals surface area contributed by atoms with Gasteiger partial charge in [0, 0.05) is 18.3 Å². The standard InChI is InChI=1S/C9H17NS/c1-9(3-4-9)7-10-8-2-5-11-6-8/h8,10H,2-7H2,1H3. The van der Waals surface area contributed by atoms with Crippen molar-refractivity contribution >= 4 is 11.8 Å². The molecule has 0 aromatic rings. The summed E-state index contributed by atoms with van der Waals surface area (Å²) >= 11 is 2.09. The van der Waals surface area contributed by atoms with Gasteiger partial charge in [0.05, 0.1) is 0 Å². The van der Waals surface area contributed by atoms with Crippen LogP contribution in [-0.4, -0.2) is 24.1 Å². The molecule has 2 fully saturated rings. The maximum absolute atomic E-state index is 3.66. The summed E-state index contributed by atoms with van der Waals surface area (Å²) in [6.07, 6.45) is 4.28.